The highest BCUT2D eigenvalue weighted by atomic mass is 16.5. The molecule has 31 heavy (non-hydrogen) atoms. The van der Waals surface area contributed by atoms with Gasteiger partial charge in [0.1, 0.15) is 17.1 Å². The molecule has 6 nitrogen and oxygen atoms in total. The van der Waals surface area contributed by atoms with Crippen LogP contribution in [0.3, 0.4) is 0 Å². The van der Waals surface area contributed by atoms with Crippen LogP contribution in [0, 0.1) is 6.92 Å². The number of pyridine rings is 1. The summed E-state index contributed by atoms with van der Waals surface area (Å²) in [6.07, 6.45) is 5.13. The number of amides is 1. The van der Waals surface area contributed by atoms with E-state index in [9.17, 15) is 4.79 Å². The molecule has 156 valence electrons. The smallest absolute Gasteiger partial charge is 0.248 e. The third-order valence-corrected chi connectivity index (χ3v) is 5.01. The number of ether oxygens (including phenoxy) is 2. The Morgan fingerprint density at radius 2 is 1.77 bits per heavy atom. The molecule has 0 fully saturated rings. The first-order chi connectivity index (χ1) is 15.1. The number of anilines is 1. The number of benzene rings is 2. The number of carbonyl (C=O) groups excluding carboxylic acids is 1. The number of nitrogens with one attached hydrogen (secondary N) is 1. The van der Waals surface area contributed by atoms with Crippen molar-refractivity contribution >= 4 is 23.3 Å². The van der Waals surface area contributed by atoms with Gasteiger partial charge in [0.2, 0.25) is 5.91 Å². The van der Waals surface area contributed by atoms with Gasteiger partial charge in [-0.2, -0.15) is 0 Å². The van der Waals surface area contributed by atoms with Crippen molar-refractivity contribution in [3.63, 3.8) is 0 Å². The predicted molar refractivity (Wildman–Crippen MR) is 123 cm³/mol. The third-order valence-electron chi connectivity index (χ3n) is 5.01. The molecule has 0 bridgehead atoms. The minimum absolute atomic E-state index is 0.213. The Morgan fingerprint density at radius 1 is 1.00 bits per heavy atom. The highest BCUT2D eigenvalue weighted by Gasteiger charge is 2.11. The molecule has 0 saturated heterocycles. The minimum Gasteiger partial charge on any atom is -0.497 e. The number of nitrogens with zero attached hydrogens (tertiary/aromatic N) is 2. The van der Waals surface area contributed by atoms with Gasteiger partial charge in [-0.05, 0) is 67.1 Å². The molecule has 4 rings (SSSR count). The standard InChI is InChI=1S/C25H23N3O3/c1-17-25(19-8-11-21(30-2)12-9-19)27-23-13-10-20(16-28(17)23)26-24(29)14-7-18-5-4-6-22(15-18)31-3/h4-16H,1-3H3,(H,26,29)/b14-7+. The van der Waals surface area contributed by atoms with Crippen molar-refractivity contribution in [2.45, 2.75) is 6.92 Å². The number of hydrogen-bond donors (Lipinski definition) is 1. The predicted octanol–water partition coefficient (Wildman–Crippen LogP) is 4.98. The third kappa shape index (κ3) is 4.43. The van der Waals surface area contributed by atoms with E-state index in [4.69, 9.17) is 14.5 Å². The Bertz CT molecular complexity index is 1260. The Labute approximate surface area is 180 Å². The zero-order valence-corrected chi connectivity index (χ0v) is 17.6. The van der Waals surface area contributed by atoms with Crippen LogP contribution < -0.4 is 14.8 Å². The molecule has 0 radical (unpaired) electrons. The molecule has 4 aromatic rings. The fourth-order valence-corrected chi connectivity index (χ4v) is 3.36. The number of aromatic nitrogens is 2. The van der Waals surface area contributed by atoms with E-state index in [0.717, 1.165) is 39.7 Å². The largest absolute Gasteiger partial charge is 0.497 e. The monoisotopic (exact) mass is 413 g/mol. The normalized spacial score (nSPS) is 11.1. The molecular weight excluding hydrogens is 390 g/mol. The molecule has 0 unspecified atom stereocenters. The van der Waals surface area contributed by atoms with Crippen LogP contribution in [-0.4, -0.2) is 29.5 Å². The van der Waals surface area contributed by atoms with Crippen molar-refractivity contribution in [2.75, 3.05) is 19.5 Å². The Hall–Kier alpha value is -4.06. The van der Waals surface area contributed by atoms with Crippen LogP contribution >= 0.6 is 0 Å². The van der Waals surface area contributed by atoms with Crippen LogP contribution in [0.5, 0.6) is 11.5 Å². The highest BCUT2D eigenvalue weighted by molar-refractivity contribution is 6.02. The van der Waals surface area contributed by atoms with Gasteiger partial charge in [-0.3, -0.25) is 4.79 Å². The summed E-state index contributed by atoms with van der Waals surface area (Å²) in [5.74, 6) is 1.34. The second-order valence-electron chi connectivity index (χ2n) is 7.02. The van der Waals surface area contributed by atoms with Crippen LogP contribution in [0.1, 0.15) is 11.3 Å². The number of imidazole rings is 1. The van der Waals surface area contributed by atoms with Gasteiger partial charge in [-0.1, -0.05) is 12.1 Å². The lowest BCUT2D eigenvalue weighted by Crippen LogP contribution is -2.08. The summed E-state index contributed by atoms with van der Waals surface area (Å²) in [7, 11) is 3.26. The average Bonchev–Trinajstić information content (AvgIpc) is 3.14. The van der Waals surface area contributed by atoms with Gasteiger partial charge in [0.05, 0.1) is 25.6 Å². The quantitative estimate of drug-likeness (QED) is 0.453. The van der Waals surface area contributed by atoms with Gasteiger partial charge in [0, 0.05) is 23.5 Å². The minimum atomic E-state index is -0.213. The van der Waals surface area contributed by atoms with Gasteiger partial charge in [-0.25, -0.2) is 4.98 Å². The fourth-order valence-electron chi connectivity index (χ4n) is 3.36. The number of aryl methyl sites for hydroxylation is 1. The molecule has 0 spiro atoms. The van der Waals surface area contributed by atoms with Crippen molar-refractivity contribution in [1.82, 2.24) is 9.38 Å². The highest BCUT2D eigenvalue weighted by Crippen LogP contribution is 2.26. The number of fused-ring (bicyclic) bond motifs is 1. The van der Waals surface area contributed by atoms with Gasteiger partial charge in [-0.15, -0.1) is 0 Å². The van der Waals surface area contributed by atoms with Crippen molar-refractivity contribution in [3.8, 4) is 22.8 Å². The molecule has 1 N–H and O–H groups in total. The van der Waals surface area contributed by atoms with E-state index in [-0.39, 0.29) is 5.91 Å². The van der Waals surface area contributed by atoms with Gasteiger partial charge in [0.15, 0.2) is 0 Å². The molecule has 0 aliphatic heterocycles. The number of carbonyl (C=O) groups is 1. The van der Waals surface area contributed by atoms with E-state index in [1.165, 1.54) is 6.08 Å². The Kier molecular flexibility index (Phi) is 5.71. The lowest BCUT2D eigenvalue weighted by Gasteiger charge is -2.05. The maximum atomic E-state index is 12.4. The summed E-state index contributed by atoms with van der Waals surface area (Å²) in [6, 6.07) is 19.1. The lowest BCUT2D eigenvalue weighted by molar-refractivity contribution is -0.111. The second-order valence-corrected chi connectivity index (χ2v) is 7.02. The maximum absolute atomic E-state index is 12.4. The SMILES string of the molecule is COc1ccc(-c2nc3ccc(NC(=O)/C=C/c4cccc(OC)c4)cn3c2C)cc1. The molecule has 0 aliphatic carbocycles. The molecule has 0 atom stereocenters. The van der Waals surface area contributed by atoms with E-state index in [2.05, 4.69) is 5.32 Å². The van der Waals surface area contributed by atoms with E-state index in [1.807, 2.05) is 78.2 Å². The number of rotatable bonds is 6. The van der Waals surface area contributed by atoms with Crippen molar-refractivity contribution < 1.29 is 14.3 Å². The van der Waals surface area contributed by atoms with E-state index < -0.39 is 0 Å². The van der Waals surface area contributed by atoms with Crippen molar-refractivity contribution in [1.29, 1.82) is 0 Å². The Morgan fingerprint density at radius 3 is 2.52 bits per heavy atom. The summed E-state index contributed by atoms with van der Waals surface area (Å²) >= 11 is 0. The Balaban J connectivity index is 1.54. The zero-order chi connectivity index (χ0) is 21.8. The molecule has 0 aliphatic rings. The molecule has 6 heteroatoms. The van der Waals surface area contributed by atoms with E-state index in [0.29, 0.717) is 5.69 Å². The first kappa shape index (κ1) is 20.2. The molecule has 1 amide bonds. The maximum Gasteiger partial charge on any atom is 0.248 e. The van der Waals surface area contributed by atoms with Crippen LogP contribution in [0.4, 0.5) is 5.69 Å². The van der Waals surface area contributed by atoms with Crippen LogP contribution in [-0.2, 0) is 4.79 Å². The first-order valence-electron chi connectivity index (χ1n) is 9.83. The summed E-state index contributed by atoms with van der Waals surface area (Å²) in [5.41, 5.74) is 5.28. The van der Waals surface area contributed by atoms with Gasteiger partial charge < -0.3 is 19.2 Å². The first-order valence-corrected chi connectivity index (χ1v) is 9.83. The van der Waals surface area contributed by atoms with Crippen LogP contribution in [0.2, 0.25) is 0 Å². The van der Waals surface area contributed by atoms with Gasteiger partial charge in [0.25, 0.3) is 0 Å². The molecule has 2 heterocycles. The zero-order valence-electron chi connectivity index (χ0n) is 17.6. The summed E-state index contributed by atoms with van der Waals surface area (Å²) in [4.78, 5) is 17.1. The second kappa shape index (κ2) is 8.75. The van der Waals surface area contributed by atoms with Crippen LogP contribution in [0.15, 0.2) is 72.9 Å². The van der Waals surface area contributed by atoms with Crippen molar-refractivity contribution in [3.05, 3.63) is 84.2 Å². The van der Waals surface area contributed by atoms with Crippen molar-refractivity contribution in [2.24, 2.45) is 0 Å². The topological polar surface area (TPSA) is 64.9 Å². The van der Waals surface area contributed by atoms with E-state index in [1.54, 1.807) is 20.3 Å². The van der Waals surface area contributed by atoms with E-state index >= 15 is 0 Å². The van der Waals surface area contributed by atoms with Gasteiger partial charge >= 0.3 is 0 Å². The molecule has 2 aromatic heterocycles. The molecule has 2 aromatic carbocycles. The summed E-state index contributed by atoms with van der Waals surface area (Å²) < 4.78 is 12.4. The lowest BCUT2D eigenvalue weighted by atomic mass is 10.1. The van der Waals surface area contributed by atoms with Crippen LogP contribution in [0.25, 0.3) is 23.0 Å². The summed E-state index contributed by atoms with van der Waals surface area (Å²) in [6.45, 7) is 2.01. The number of hydrogen-bond acceptors (Lipinski definition) is 4. The molecule has 0 saturated carbocycles. The molecular formula is C25H23N3O3. The average molecular weight is 413 g/mol. The number of methoxy groups -OCH3 is 2. The summed E-state index contributed by atoms with van der Waals surface area (Å²) in [5, 5.41) is 2.90. The fraction of sp³-hybridized carbons (Fsp3) is 0.120.